The molecule has 0 aliphatic carbocycles. The minimum atomic E-state index is -1.06. The van der Waals surface area contributed by atoms with Crippen molar-refractivity contribution in [1.29, 1.82) is 0 Å². The molecule has 0 bridgehead atoms. The van der Waals surface area contributed by atoms with Gasteiger partial charge in [-0.3, -0.25) is 4.79 Å². The second-order valence-electron chi connectivity index (χ2n) is 1.84. The van der Waals surface area contributed by atoms with Crippen LogP contribution in [0.4, 0.5) is 4.79 Å². The van der Waals surface area contributed by atoms with Crippen molar-refractivity contribution < 1.29 is 19.1 Å². The molecule has 0 spiro atoms. The summed E-state index contributed by atoms with van der Waals surface area (Å²) >= 11 is 0. The predicted octanol–water partition coefficient (Wildman–Crippen LogP) is 1.78. The van der Waals surface area contributed by atoms with Gasteiger partial charge in [0.05, 0.1) is 6.26 Å². The van der Waals surface area contributed by atoms with Gasteiger partial charge in [0, 0.05) is 6.42 Å². The summed E-state index contributed by atoms with van der Waals surface area (Å²) in [4.78, 5) is 21.1. The lowest BCUT2D eigenvalue weighted by Gasteiger charge is -1.98. The number of allylic oxidation sites excluding steroid dienone is 1. The van der Waals surface area contributed by atoms with Gasteiger partial charge in [0.15, 0.2) is 0 Å². The summed E-state index contributed by atoms with van der Waals surface area (Å²) in [7, 11) is 0. The zero-order chi connectivity index (χ0) is 9.40. The smallest absolute Gasteiger partial charge is 0.403 e. The Balaban J connectivity index is 3.60. The molecule has 0 N–H and O–H groups in total. The third-order valence-electron chi connectivity index (χ3n) is 0.929. The fraction of sp³-hybridized carbons (Fsp3) is 0.250. The summed E-state index contributed by atoms with van der Waals surface area (Å²) < 4.78 is 8.32. The molecule has 0 radical (unpaired) electrons. The Morgan fingerprint density at radius 2 is 2.00 bits per heavy atom. The van der Waals surface area contributed by atoms with E-state index in [0.29, 0.717) is 6.42 Å². The Bertz CT molecular complexity index is 195. The van der Waals surface area contributed by atoms with Gasteiger partial charge in [-0.2, -0.15) is 0 Å². The molecule has 0 fully saturated rings. The zero-order valence-corrected chi connectivity index (χ0v) is 6.62. The molecule has 0 atom stereocenters. The molecule has 12 heavy (non-hydrogen) atoms. The Morgan fingerprint density at radius 1 is 1.33 bits per heavy atom. The predicted molar refractivity (Wildman–Crippen MR) is 42.2 cm³/mol. The Morgan fingerprint density at radius 3 is 2.50 bits per heavy atom. The number of hydrogen-bond acceptors (Lipinski definition) is 4. The van der Waals surface area contributed by atoms with E-state index < -0.39 is 12.1 Å². The van der Waals surface area contributed by atoms with Crippen molar-refractivity contribution in [1.82, 2.24) is 0 Å². The van der Waals surface area contributed by atoms with Crippen molar-refractivity contribution >= 4 is 12.1 Å². The molecule has 66 valence electrons. The lowest BCUT2D eigenvalue weighted by Crippen LogP contribution is -2.10. The molecular formula is C8H10O4. The average molecular weight is 170 g/mol. The maximum absolute atomic E-state index is 10.7. The third-order valence-corrected chi connectivity index (χ3v) is 0.929. The summed E-state index contributed by atoms with van der Waals surface area (Å²) in [6, 6.07) is 0. The second-order valence-corrected chi connectivity index (χ2v) is 1.84. The van der Waals surface area contributed by atoms with Gasteiger partial charge in [-0.25, -0.2) is 4.79 Å². The molecule has 4 nitrogen and oxygen atoms in total. The first kappa shape index (κ1) is 10.4. The van der Waals surface area contributed by atoms with Crippen molar-refractivity contribution in [3.8, 4) is 0 Å². The van der Waals surface area contributed by atoms with Gasteiger partial charge < -0.3 is 9.47 Å². The summed E-state index contributed by atoms with van der Waals surface area (Å²) in [5.41, 5.74) is 0. The van der Waals surface area contributed by atoms with Crippen LogP contribution in [0.5, 0.6) is 0 Å². The fourth-order valence-corrected chi connectivity index (χ4v) is 0.456. The van der Waals surface area contributed by atoms with Crippen LogP contribution in [0.1, 0.15) is 12.8 Å². The van der Waals surface area contributed by atoms with E-state index in [0.717, 1.165) is 6.26 Å². The van der Waals surface area contributed by atoms with E-state index in [4.69, 9.17) is 0 Å². The minimum absolute atomic E-state index is 0.121. The lowest BCUT2D eigenvalue weighted by atomic mass is 10.3. The quantitative estimate of drug-likeness (QED) is 0.279. The van der Waals surface area contributed by atoms with Crippen LogP contribution < -0.4 is 0 Å². The Hall–Kier alpha value is -1.58. The summed E-state index contributed by atoms with van der Waals surface area (Å²) in [5.74, 6) is -0.637. The maximum Gasteiger partial charge on any atom is 0.521 e. The van der Waals surface area contributed by atoms with Crippen molar-refractivity contribution in [3.63, 3.8) is 0 Å². The van der Waals surface area contributed by atoms with E-state index in [1.54, 1.807) is 6.08 Å². The van der Waals surface area contributed by atoms with Crippen LogP contribution in [0.3, 0.4) is 0 Å². The zero-order valence-electron chi connectivity index (χ0n) is 6.62. The molecule has 0 aliphatic heterocycles. The van der Waals surface area contributed by atoms with Gasteiger partial charge in [-0.15, -0.1) is 6.58 Å². The highest BCUT2D eigenvalue weighted by Crippen LogP contribution is 1.95. The highest BCUT2D eigenvalue weighted by atomic mass is 16.7. The first-order valence-electron chi connectivity index (χ1n) is 3.33. The molecule has 0 saturated heterocycles. The van der Waals surface area contributed by atoms with E-state index in [9.17, 15) is 9.59 Å². The van der Waals surface area contributed by atoms with Gasteiger partial charge in [0.2, 0.25) is 0 Å². The van der Waals surface area contributed by atoms with Crippen LogP contribution in [0.15, 0.2) is 25.5 Å². The molecule has 0 heterocycles. The molecule has 0 amide bonds. The van der Waals surface area contributed by atoms with Gasteiger partial charge >= 0.3 is 12.1 Å². The monoisotopic (exact) mass is 170 g/mol. The molecule has 0 aromatic heterocycles. The van der Waals surface area contributed by atoms with Crippen molar-refractivity contribution in [2.24, 2.45) is 0 Å². The van der Waals surface area contributed by atoms with Crippen LogP contribution in [0, 0.1) is 0 Å². The van der Waals surface area contributed by atoms with Gasteiger partial charge in [0.1, 0.15) is 0 Å². The van der Waals surface area contributed by atoms with Gasteiger partial charge in [0.25, 0.3) is 0 Å². The van der Waals surface area contributed by atoms with Crippen molar-refractivity contribution in [2.75, 3.05) is 0 Å². The number of carbonyl (C=O) groups excluding carboxylic acids is 2. The van der Waals surface area contributed by atoms with E-state index in [-0.39, 0.29) is 6.42 Å². The van der Waals surface area contributed by atoms with Crippen molar-refractivity contribution in [3.05, 3.63) is 25.5 Å². The summed E-state index contributed by atoms with van der Waals surface area (Å²) in [5, 5.41) is 0. The number of hydrogen-bond donors (Lipinski definition) is 0. The first-order chi connectivity index (χ1) is 5.70. The minimum Gasteiger partial charge on any atom is -0.403 e. The number of rotatable bonds is 4. The fourth-order valence-electron chi connectivity index (χ4n) is 0.456. The topological polar surface area (TPSA) is 52.6 Å². The lowest BCUT2D eigenvalue weighted by molar-refractivity contribution is -0.139. The highest BCUT2D eigenvalue weighted by molar-refractivity contribution is 5.81. The molecular weight excluding hydrogens is 160 g/mol. The Kier molecular flexibility index (Phi) is 5.34. The van der Waals surface area contributed by atoms with Crippen LogP contribution >= 0.6 is 0 Å². The molecule has 0 unspecified atom stereocenters. The molecule has 0 saturated carbocycles. The van der Waals surface area contributed by atoms with E-state index >= 15 is 0 Å². The number of ether oxygens (including phenoxy) is 2. The second kappa shape index (κ2) is 6.15. The molecule has 0 rings (SSSR count). The average Bonchev–Trinajstić information content (AvgIpc) is 2.01. The first-order valence-corrected chi connectivity index (χ1v) is 3.33. The standard InChI is InChI=1S/C8H10O4/c1-3-5-6-7(9)12-8(10)11-4-2/h3-4H,1-2,5-6H2. The molecule has 0 aliphatic rings. The maximum atomic E-state index is 10.7. The Labute approximate surface area is 70.5 Å². The SMILES string of the molecule is C=CCCC(=O)OC(=O)OC=C. The van der Waals surface area contributed by atoms with Gasteiger partial charge in [-0.05, 0) is 6.42 Å². The normalized spacial score (nSPS) is 8.33. The summed E-state index contributed by atoms with van der Waals surface area (Å²) in [6.45, 7) is 6.53. The number of esters is 1. The largest absolute Gasteiger partial charge is 0.521 e. The van der Waals surface area contributed by atoms with E-state index in [2.05, 4.69) is 22.6 Å². The van der Waals surface area contributed by atoms with Crippen LogP contribution in [0.25, 0.3) is 0 Å². The van der Waals surface area contributed by atoms with Gasteiger partial charge in [-0.1, -0.05) is 12.7 Å². The number of carbonyl (C=O) groups is 2. The van der Waals surface area contributed by atoms with Crippen LogP contribution in [0.2, 0.25) is 0 Å². The van der Waals surface area contributed by atoms with Crippen LogP contribution in [-0.2, 0) is 14.3 Å². The highest BCUT2D eigenvalue weighted by Gasteiger charge is 2.08. The summed E-state index contributed by atoms with van der Waals surface area (Å²) in [6.07, 6.45) is 1.98. The van der Waals surface area contributed by atoms with E-state index in [1.165, 1.54) is 0 Å². The van der Waals surface area contributed by atoms with Crippen LogP contribution in [-0.4, -0.2) is 12.1 Å². The van der Waals surface area contributed by atoms with Crippen molar-refractivity contribution in [2.45, 2.75) is 12.8 Å². The third kappa shape index (κ3) is 5.22. The molecule has 4 heteroatoms. The molecule has 0 aromatic carbocycles. The molecule has 0 aromatic rings. The van der Waals surface area contributed by atoms with E-state index in [1.807, 2.05) is 0 Å².